The van der Waals surface area contributed by atoms with E-state index in [0.717, 1.165) is 49.2 Å². The van der Waals surface area contributed by atoms with Crippen molar-refractivity contribution in [2.24, 2.45) is 0 Å². The zero-order chi connectivity index (χ0) is 20.1. The third-order valence-electron chi connectivity index (χ3n) is 4.39. The van der Waals surface area contributed by atoms with Gasteiger partial charge in [-0.05, 0) is 45.0 Å². The minimum Gasteiger partial charge on any atom is -0.346 e. The van der Waals surface area contributed by atoms with Gasteiger partial charge in [-0.2, -0.15) is 13.2 Å². The van der Waals surface area contributed by atoms with Crippen LogP contribution in [0.3, 0.4) is 0 Å². The number of hydrogen-bond donors (Lipinski definition) is 1. The fourth-order valence-corrected chi connectivity index (χ4v) is 3.91. The van der Waals surface area contributed by atoms with E-state index in [9.17, 15) is 18.0 Å². The molecule has 3 rings (SSSR count). The number of nitrogens with zero attached hydrogens (tertiary/aromatic N) is 4. The van der Waals surface area contributed by atoms with Gasteiger partial charge < -0.3 is 5.32 Å². The van der Waals surface area contributed by atoms with E-state index in [2.05, 4.69) is 15.1 Å². The van der Waals surface area contributed by atoms with Crippen LogP contribution in [0.5, 0.6) is 0 Å². The molecular weight excluding hydrogens is 391 g/mol. The number of amides is 1. The number of likely N-dealkylation sites (tertiary alicyclic amines) is 1. The van der Waals surface area contributed by atoms with Gasteiger partial charge in [-0.25, -0.2) is 0 Å². The first-order chi connectivity index (χ1) is 13.3. The summed E-state index contributed by atoms with van der Waals surface area (Å²) in [6.45, 7) is 2.85. The van der Waals surface area contributed by atoms with E-state index >= 15 is 0 Å². The average Bonchev–Trinajstić information content (AvgIpc) is 3.30. The molecule has 1 aliphatic rings. The van der Waals surface area contributed by atoms with Crippen LogP contribution in [-0.4, -0.2) is 56.6 Å². The summed E-state index contributed by atoms with van der Waals surface area (Å²) in [5.41, 5.74) is 0.854. The molecule has 0 aliphatic carbocycles. The molecule has 1 aliphatic heterocycles. The SMILES string of the molecule is CC(Sc1nnc(CN2CCCC2)n1-c1ccccc1)C(=O)NCC(F)(F)F. The molecule has 152 valence electrons. The number of aromatic nitrogens is 3. The van der Waals surface area contributed by atoms with E-state index in [0.29, 0.717) is 11.7 Å². The van der Waals surface area contributed by atoms with Crippen LogP contribution in [0.15, 0.2) is 35.5 Å². The Kier molecular flexibility index (Phi) is 6.61. The quantitative estimate of drug-likeness (QED) is 0.707. The number of nitrogens with one attached hydrogen (secondary N) is 1. The van der Waals surface area contributed by atoms with Crippen LogP contribution < -0.4 is 5.32 Å². The summed E-state index contributed by atoms with van der Waals surface area (Å²) in [7, 11) is 0. The van der Waals surface area contributed by atoms with Gasteiger partial charge in [0.05, 0.1) is 11.8 Å². The number of alkyl halides is 3. The Morgan fingerprint density at radius 1 is 1.21 bits per heavy atom. The van der Waals surface area contributed by atoms with Gasteiger partial charge in [-0.15, -0.1) is 10.2 Å². The van der Waals surface area contributed by atoms with E-state index in [-0.39, 0.29) is 0 Å². The summed E-state index contributed by atoms with van der Waals surface area (Å²) in [6, 6.07) is 9.50. The van der Waals surface area contributed by atoms with Crippen molar-refractivity contribution in [2.45, 2.75) is 42.9 Å². The standard InChI is InChI=1S/C18H22F3N5OS/c1-13(16(27)22-12-18(19,20)21)28-17-24-23-15(11-25-9-5-6-10-25)26(17)14-7-3-2-4-8-14/h2-4,7-8,13H,5-6,9-12H2,1H3,(H,22,27). The molecule has 0 radical (unpaired) electrons. The van der Waals surface area contributed by atoms with E-state index in [1.54, 1.807) is 6.92 Å². The predicted molar refractivity (Wildman–Crippen MR) is 100 cm³/mol. The fourth-order valence-electron chi connectivity index (χ4n) is 3.00. The Balaban J connectivity index is 1.78. The number of benzene rings is 1. The minimum absolute atomic E-state index is 0.482. The Morgan fingerprint density at radius 3 is 2.54 bits per heavy atom. The molecule has 1 amide bonds. The third kappa shape index (κ3) is 5.48. The van der Waals surface area contributed by atoms with Crippen molar-refractivity contribution in [1.82, 2.24) is 25.0 Å². The Hall–Kier alpha value is -2.07. The van der Waals surface area contributed by atoms with E-state index in [1.165, 1.54) is 0 Å². The molecule has 2 heterocycles. The first kappa shape index (κ1) is 20.7. The van der Waals surface area contributed by atoms with E-state index in [4.69, 9.17) is 0 Å². The van der Waals surface area contributed by atoms with Crippen molar-refractivity contribution in [1.29, 1.82) is 0 Å². The van der Waals surface area contributed by atoms with Crippen LogP contribution >= 0.6 is 11.8 Å². The van der Waals surface area contributed by atoms with Gasteiger partial charge in [0.2, 0.25) is 5.91 Å². The second kappa shape index (κ2) is 8.95. The van der Waals surface area contributed by atoms with Gasteiger partial charge in [0.15, 0.2) is 11.0 Å². The molecule has 1 aromatic carbocycles. The predicted octanol–water partition coefficient (Wildman–Crippen LogP) is 3.02. The number of halogens is 3. The van der Waals surface area contributed by atoms with Crippen LogP contribution in [-0.2, 0) is 11.3 Å². The number of rotatable bonds is 7. The lowest BCUT2D eigenvalue weighted by Gasteiger charge is -2.17. The summed E-state index contributed by atoms with van der Waals surface area (Å²) in [5, 5.41) is 10.2. The topological polar surface area (TPSA) is 63.1 Å². The second-order valence-electron chi connectivity index (χ2n) is 6.65. The average molecular weight is 413 g/mol. The number of carbonyl (C=O) groups excluding carboxylic acids is 1. The highest BCUT2D eigenvalue weighted by atomic mass is 32.2. The fraction of sp³-hybridized carbons (Fsp3) is 0.500. The summed E-state index contributed by atoms with van der Waals surface area (Å²) >= 11 is 1.09. The van der Waals surface area contributed by atoms with Crippen molar-refractivity contribution < 1.29 is 18.0 Å². The molecule has 1 unspecified atom stereocenters. The molecule has 2 aromatic rings. The zero-order valence-corrected chi connectivity index (χ0v) is 16.3. The minimum atomic E-state index is -4.44. The molecule has 1 N–H and O–H groups in total. The Morgan fingerprint density at radius 2 is 1.89 bits per heavy atom. The van der Waals surface area contributed by atoms with Crippen LogP contribution in [0.25, 0.3) is 5.69 Å². The summed E-state index contributed by atoms with van der Waals surface area (Å²) in [6.07, 6.45) is -2.14. The van der Waals surface area contributed by atoms with Gasteiger partial charge in [-0.1, -0.05) is 30.0 Å². The monoisotopic (exact) mass is 413 g/mol. The number of thioether (sulfide) groups is 1. The van der Waals surface area contributed by atoms with Crippen molar-refractivity contribution in [2.75, 3.05) is 19.6 Å². The van der Waals surface area contributed by atoms with Crippen LogP contribution in [0.2, 0.25) is 0 Å². The number of hydrogen-bond acceptors (Lipinski definition) is 5. The van der Waals surface area contributed by atoms with Gasteiger partial charge in [0.25, 0.3) is 0 Å². The maximum Gasteiger partial charge on any atom is 0.405 e. The lowest BCUT2D eigenvalue weighted by Crippen LogP contribution is -2.38. The summed E-state index contributed by atoms with van der Waals surface area (Å²) < 4.78 is 38.9. The lowest BCUT2D eigenvalue weighted by atomic mass is 10.3. The van der Waals surface area contributed by atoms with Gasteiger partial charge in [0, 0.05) is 5.69 Å². The van der Waals surface area contributed by atoms with Crippen molar-refractivity contribution in [3.8, 4) is 5.69 Å². The maximum atomic E-state index is 12.3. The van der Waals surface area contributed by atoms with E-state index < -0.39 is 23.9 Å². The highest BCUT2D eigenvalue weighted by Gasteiger charge is 2.29. The highest BCUT2D eigenvalue weighted by Crippen LogP contribution is 2.27. The second-order valence-corrected chi connectivity index (χ2v) is 7.95. The van der Waals surface area contributed by atoms with Crippen molar-refractivity contribution in [3.05, 3.63) is 36.2 Å². The molecule has 0 spiro atoms. The largest absolute Gasteiger partial charge is 0.405 e. The van der Waals surface area contributed by atoms with Gasteiger partial charge in [0.1, 0.15) is 6.54 Å². The van der Waals surface area contributed by atoms with Crippen LogP contribution in [0.4, 0.5) is 13.2 Å². The van der Waals surface area contributed by atoms with E-state index in [1.807, 2.05) is 40.2 Å². The smallest absolute Gasteiger partial charge is 0.346 e. The highest BCUT2D eigenvalue weighted by molar-refractivity contribution is 8.00. The summed E-state index contributed by atoms with van der Waals surface area (Å²) in [5.74, 6) is 0.0597. The first-order valence-electron chi connectivity index (χ1n) is 9.06. The molecule has 0 saturated carbocycles. The molecule has 10 heteroatoms. The molecule has 28 heavy (non-hydrogen) atoms. The van der Waals surface area contributed by atoms with Crippen molar-refractivity contribution in [3.63, 3.8) is 0 Å². The van der Waals surface area contributed by atoms with Crippen LogP contribution in [0, 0.1) is 0 Å². The molecule has 1 saturated heterocycles. The molecule has 1 fully saturated rings. The number of para-hydroxylation sites is 1. The summed E-state index contributed by atoms with van der Waals surface area (Å²) in [4.78, 5) is 14.3. The molecule has 0 bridgehead atoms. The first-order valence-corrected chi connectivity index (χ1v) is 9.94. The Bertz CT molecular complexity index is 790. The Labute approximate surface area is 165 Å². The molecular formula is C18H22F3N5OS. The molecule has 6 nitrogen and oxygen atoms in total. The number of carbonyl (C=O) groups is 1. The maximum absolute atomic E-state index is 12.3. The van der Waals surface area contributed by atoms with Gasteiger partial charge in [-0.3, -0.25) is 14.3 Å². The van der Waals surface area contributed by atoms with Gasteiger partial charge >= 0.3 is 6.18 Å². The normalized spacial score (nSPS) is 16.3. The third-order valence-corrected chi connectivity index (χ3v) is 5.44. The van der Waals surface area contributed by atoms with Crippen molar-refractivity contribution >= 4 is 17.7 Å². The molecule has 1 aromatic heterocycles. The molecule has 1 atom stereocenters. The zero-order valence-electron chi connectivity index (χ0n) is 15.4. The van der Waals surface area contributed by atoms with Crippen LogP contribution in [0.1, 0.15) is 25.6 Å². The lowest BCUT2D eigenvalue weighted by molar-refractivity contribution is -0.137.